The normalized spacial score (nSPS) is 16.6. The largest absolute Gasteiger partial charge is 0.348 e. The maximum Gasteiger partial charge on any atom is 0.240 e. The van der Waals surface area contributed by atoms with E-state index in [0.29, 0.717) is 6.54 Å². The number of fused-ring (bicyclic) bond motifs is 2. The summed E-state index contributed by atoms with van der Waals surface area (Å²) >= 11 is 0. The quantitative estimate of drug-likeness (QED) is 0.789. The molecule has 1 amide bonds. The van der Waals surface area contributed by atoms with Crippen LogP contribution in [0.4, 0.5) is 0 Å². The summed E-state index contributed by atoms with van der Waals surface area (Å²) in [6, 6.07) is 16.6. The number of imidazole rings is 1. The number of nitrogens with zero attached hydrogens (tertiary/aromatic N) is 2. The molecule has 1 aliphatic rings. The molecule has 4 rings (SSSR count). The highest BCUT2D eigenvalue weighted by molar-refractivity contribution is 5.81. The minimum absolute atomic E-state index is 0.0551. The van der Waals surface area contributed by atoms with Gasteiger partial charge in [-0.3, -0.25) is 4.79 Å². The number of hydrogen-bond donors (Lipinski definition) is 1. The van der Waals surface area contributed by atoms with Crippen molar-refractivity contribution in [2.24, 2.45) is 0 Å². The van der Waals surface area contributed by atoms with Gasteiger partial charge in [-0.05, 0) is 42.5 Å². The van der Waals surface area contributed by atoms with E-state index in [2.05, 4.69) is 41.5 Å². The van der Waals surface area contributed by atoms with Crippen LogP contribution in [-0.4, -0.2) is 15.5 Å². The number of carbonyl (C=O) groups excluding carboxylic acids is 1. The molecule has 128 valence electrons. The Morgan fingerprint density at radius 1 is 1.20 bits per heavy atom. The molecule has 0 bridgehead atoms. The lowest BCUT2D eigenvalue weighted by Gasteiger charge is -2.26. The average Bonchev–Trinajstić information content (AvgIpc) is 3.00. The summed E-state index contributed by atoms with van der Waals surface area (Å²) in [7, 11) is 0. The molecule has 1 N–H and O–H groups in total. The van der Waals surface area contributed by atoms with Crippen LogP contribution in [0.15, 0.2) is 48.5 Å². The predicted molar refractivity (Wildman–Crippen MR) is 99.4 cm³/mol. The average molecular weight is 333 g/mol. The first kappa shape index (κ1) is 15.9. The Balaban J connectivity index is 1.56. The van der Waals surface area contributed by atoms with Crippen molar-refractivity contribution in [3.8, 4) is 0 Å². The van der Waals surface area contributed by atoms with Crippen molar-refractivity contribution >= 4 is 16.9 Å². The highest BCUT2D eigenvalue weighted by Crippen LogP contribution is 2.29. The molecule has 0 spiro atoms. The van der Waals surface area contributed by atoms with Crippen LogP contribution in [-0.2, 0) is 24.2 Å². The minimum atomic E-state index is 0.0551. The number of rotatable bonds is 4. The van der Waals surface area contributed by atoms with E-state index in [-0.39, 0.29) is 11.9 Å². The maximum atomic E-state index is 12.7. The predicted octanol–water partition coefficient (Wildman–Crippen LogP) is 3.79. The van der Waals surface area contributed by atoms with Crippen LogP contribution in [0.1, 0.15) is 42.8 Å². The second kappa shape index (κ2) is 6.71. The number of aryl methyl sites for hydroxylation is 2. The molecule has 0 saturated carbocycles. The van der Waals surface area contributed by atoms with Crippen LogP contribution in [0, 0.1) is 0 Å². The first-order valence-corrected chi connectivity index (χ1v) is 9.07. The topological polar surface area (TPSA) is 46.9 Å². The molecule has 25 heavy (non-hydrogen) atoms. The van der Waals surface area contributed by atoms with Crippen molar-refractivity contribution in [1.29, 1.82) is 0 Å². The van der Waals surface area contributed by atoms with Crippen LogP contribution in [0.5, 0.6) is 0 Å². The summed E-state index contributed by atoms with van der Waals surface area (Å²) in [5, 5.41) is 3.24. The first-order valence-electron chi connectivity index (χ1n) is 9.07. The molecule has 0 radical (unpaired) electrons. The molecular weight excluding hydrogens is 310 g/mol. The van der Waals surface area contributed by atoms with Crippen LogP contribution < -0.4 is 5.32 Å². The van der Waals surface area contributed by atoms with Gasteiger partial charge in [0.05, 0.1) is 17.1 Å². The van der Waals surface area contributed by atoms with Crippen molar-refractivity contribution in [2.45, 2.75) is 45.2 Å². The molecule has 1 aliphatic carbocycles. The van der Waals surface area contributed by atoms with Crippen LogP contribution >= 0.6 is 0 Å². The highest BCUT2D eigenvalue weighted by atomic mass is 16.2. The lowest BCUT2D eigenvalue weighted by molar-refractivity contribution is -0.122. The van der Waals surface area contributed by atoms with Crippen molar-refractivity contribution in [1.82, 2.24) is 14.9 Å². The Morgan fingerprint density at radius 3 is 2.88 bits per heavy atom. The van der Waals surface area contributed by atoms with Gasteiger partial charge in [-0.1, -0.05) is 43.3 Å². The van der Waals surface area contributed by atoms with Gasteiger partial charge in [0.15, 0.2) is 0 Å². The van der Waals surface area contributed by atoms with Crippen LogP contribution in [0.3, 0.4) is 0 Å². The van der Waals surface area contributed by atoms with Crippen LogP contribution in [0.25, 0.3) is 11.0 Å². The number of aromatic nitrogens is 2. The van der Waals surface area contributed by atoms with Gasteiger partial charge in [-0.25, -0.2) is 4.98 Å². The van der Waals surface area contributed by atoms with Gasteiger partial charge in [0, 0.05) is 6.42 Å². The Kier molecular flexibility index (Phi) is 4.26. The van der Waals surface area contributed by atoms with Gasteiger partial charge in [-0.2, -0.15) is 0 Å². The summed E-state index contributed by atoms with van der Waals surface area (Å²) in [6.45, 7) is 2.40. The molecule has 1 heterocycles. The van der Waals surface area contributed by atoms with Crippen molar-refractivity contribution < 1.29 is 4.79 Å². The van der Waals surface area contributed by atoms with E-state index in [1.54, 1.807) is 0 Å². The SMILES string of the molecule is CCc1nc2ccccc2n1CC(=O)NC1CCCc2ccccc21. The second-order valence-corrected chi connectivity index (χ2v) is 6.67. The van der Waals surface area contributed by atoms with Gasteiger partial charge >= 0.3 is 0 Å². The van der Waals surface area contributed by atoms with Crippen LogP contribution in [0.2, 0.25) is 0 Å². The number of carbonyl (C=O) groups is 1. The number of nitrogens with one attached hydrogen (secondary N) is 1. The van der Waals surface area contributed by atoms with Gasteiger partial charge in [0.1, 0.15) is 12.4 Å². The molecule has 1 aromatic heterocycles. The Hall–Kier alpha value is -2.62. The van der Waals surface area contributed by atoms with E-state index in [9.17, 15) is 4.79 Å². The zero-order valence-electron chi connectivity index (χ0n) is 14.5. The van der Waals surface area contributed by atoms with Crippen molar-refractivity contribution in [2.75, 3.05) is 0 Å². The second-order valence-electron chi connectivity index (χ2n) is 6.67. The van der Waals surface area contributed by atoms with E-state index in [0.717, 1.165) is 42.5 Å². The van der Waals surface area contributed by atoms with Gasteiger partial charge < -0.3 is 9.88 Å². The van der Waals surface area contributed by atoms with Gasteiger partial charge in [-0.15, -0.1) is 0 Å². The zero-order valence-corrected chi connectivity index (χ0v) is 14.5. The molecule has 2 aromatic carbocycles. The molecule has 0 saturated heterocycles. The third-order valence-corrected chi connectivity index (χ3v) is 5.06. The summed E-state index contributed by atoms with van der Waals surface area (Å²) in [5.41, 5.74) is 4.61. The minimum Gasteiger partial charge on any atom is -0.348 e. The first-order chi connectivity index (χ1) is 12.3. The molecule has 0 aliphatic heterocycles. The summed E-state index contributed by atoms with van der Waals surface area (Å²) < 4.78 is 2.04. The van der Waals surface area contributed by atoms with E-state index in [4.69, 9.17) is 0 Å². The fourth-order valence-electron chi connectivity index (χ4n) is 3.86. The molecule has 0 fully saturated rings. The lowest BCUT2D eigenvalue weighted by Crippen LogP contribution is -2.33. The monoisotopic (exact) mass is 333 g/mol. The van der Waals surface area contributed by atoms with E-state index in [1.165, 1.54) is 11.1 Å². The Labute approximate surface area is 147 Å². The third-order valence-electron chi connectivity index (χ3n) is 5.06. The molecular formula is C21H23N3O. The van der Waals surface area contributed by atoms with E-state index >= 15 is 0 Å². The zero-order chi connectivity index (χ0) is 17.2. The molecule has 4 heteroatoms. The molecule has 1 atom stereocenters. The fourth-order valence-corrected chi connectivity index (χ4v) is 3.86. The number of hydrogen-bond acceptors (Lipinski definition) is 2. The maximum absolute atomic E-state index is 12.7. The Morgan fingerprint density at radius 2 is 2.00 bits per heavy atom. The lowest BCUT2D eigenvalue weighted by atomic mass is 9.88. The van der Waals surface area contributed by atoms with Gasteiger partial charge in [0.2, 0.25) is 5.91 Å². The molecule has 1 unspecified atom stereocenters. The number of para-hydroxylation sites is 2. The van der Waals surface area contributed by atoms with E-state index in [1.807, 2.05) is 28.8 Å². The van der Waals surface area contributed by atoms with Crippen molar-refractivity contribution in [3.05, 3.63) is 65.5 Å². The van der Waals surface area contributed by atoms with Gasteiger partial charge in [0.25, 0.3) is 0 Å². The fraction of sp³-hybridized carbons (Fsp3) is 0.333. The summed E-state index contributed by atoms with van der Waals surface area (Å²) in [4.78, 5) is 17.4. The summed E-state index contributed by atoms with van der Waals surface area (Å²) in [5.74, 6) is 1.01. The summed E-state index contributed by atoms with van der Waals surface area (Å²) in [6.07, 6.45) is 4.05. The highest BCUT2D eigenvalue weighted by Gasteiger charge is 2.22. The smallest absolute Gasteiger partial charge is 0.240 e. The number of benzene rings is 2. The number of amides is 1. The Bertz CT molecular complexity index is 912. The standard InChI is InChI=1S/C21H23N3O/c1-2-20-22-18-11-5-6-13-19(18)24(20)14-21(25)23-17-12-7-9-15-8-3-4-10-16(15)17/h3-6,8,10-11,13,17H,2,7,9,12,14H2,1H3,(H,23,25). The molecule has 3 aromatic rings. The van der Waals surface area contributed by atoms with Crippen molar-refractivity contribution in [3.63, 3.8) is 0 Å². The third kappa shape index (κ3) is 3.04. The van der Waals surface area contributed by atoms with E-state index < -0.39 is 0 Å². The molecule has 4 nitrogen and oxygen atoms in total.